The van der Waals surface area contributed by atoms with Crippen molar-refractivity contribution in [3.8, 4) is 0 Å². The zero-order valence-electron chi connectivity index (χ0n) is 10.5. The second kappa shape index (κ2) is 4.93. The van der Waals surface area contributed by atoms with Gasteiger partial charge in [0.05, 0.1) is 10.4 Å². The molecule has 7 heteroatoms. The first-order valence-electron chi connectivity index (χ1n) is 5.80. The van der Waals surface area contributed by atoms with E-state index in [4.69, 9.17) is 0 Å². The van der Waals surface area contributed by atoms with Crippen LogP contribution in [0.4, 0.5) is 0 Å². The Balaban J connectivity index is 2.22. The highest BCUT2D eigenvalue weighted by molar-refractivity contribution is 7.99. The largest absolute Gasteiger partial charge is 0.476 e. The third-order valence-electron chi connectivity index (χ3n) is 2.79. The summed E-state index contributed by atoms with van der Waals surface area (Å²) in [5, 5.41) is 18.5. The smallest absolute Gasteiger partial charge is 0.357 e. The Morgan fingerprint density at radius 2 is 2.10 bits per heavy atom. The molecule has 0 aliphatic carbocycles. The number of rotatable bonds is 3. The number of aryl methyl sites for hydroxylation is 1. The molecule has 0 radical (unpaired) electrons. The predicted octanol–water partition coefficient (Wildman–Crippen LogP) is 2.21. The van der Waals surface area contributed by atoms with E-state index >= 15 is 0 Å². The van der Waals surface area contributed by atoms with E-state index in [9.17, 15) is 9.90 Å². The highest BCUT2D eigenvalue weighted by atomic mass is 32.2. The Hall–Kier alpha value is -2.41. The Morgan fingerprint density at radius 3 is 2.80 bits per heavy atom. The van der Waals surface area contributed by atoms with Crippen molar-refractivity contribution < 1.29 is 9.90 Å². The van der Waals surface area contributed by atoms with Gasteiger partial charge in [0, 0.05) is 24.8 Å². The van der Waals surface area contributed by atoms with E-state index in [0.717, 1.165) is 5.39 Å². The molecule has 0 saturated heterocycles. The fraction of sp³-hybridized carbons (Fsp3) is 0.0769. The molecule has 0 aliphatic heterocycles. The van der Waals surface area contributed by atoms with Crippen LogP contribution >= 0.6 is 11.8 Å². The van der Waals surface area contributed by atoms with Gasteiger partial charge in [-0.1, -0.05) is 18.2 Å². The highest BCUT2D eigenvalue weighted by Crippen LogP contribution is 2.33. The average molecular weight is 286 g/mol. The minimum atomic E-state index is -1.10. The highest BCUT2D eigenvalue weighted by Gasteiger charge is 2.19. The maximum Gasteiger partial charge on any atom is 0.357 e. The van der Waals surface area contributed by atoms with E-state index in [0.29, 0.717) is 15.6 Å². The zero-order chi connectivity index (χ0) is 14.1. The Labute approximate surface area is 118 Å². The van der Waals surface area contributed by atoms with Crippen LogP contribution in [0.5, 0.6) is 0 Å². The van der Waals surface area contributed by atoms with E-state index in [2.05, 4.69) is 15.2 Å². The molecule has 0 aliphatic rings. The van der Waals surface area contributed by atoms with Crippen LogP contribution in [0.2, 0.25) is 0 Å². The number of fused-ring (bicyclic) bond motifs is 1. The summed E-state index contributed by atoms with van der Waals surface area (Å²) in [6.07, 6.45) is 3.47. The summed E-state index contributed by atoms with van der Waals surface area (Å²) >= 11 is 1.27. The molecule has 0 bridgehead atoms. The predicted molar refractivity (Wildman–Crippen MR) is 73.8 cm³/mol. The quantitative estimate of drug-likeness (QED) is 0.795. The van der Waals surface area contributed by atoms with Crippen molar-refractivity contribution in [3.63, 3.8) is 0 Å². The van der Waals surface area contributed by atoms with E-state index < -0.39 is 5.97 Å². The topological polar surface area (TPSA) is 80.9 Å². The van der Waals surface area contributed by atoms with Crippen LogP contribution in [-0.4, -0.2) is 30.8 Å². The molecule has 1 N–H and O–H groups in total. The molecule has 0 amide bonds. The van der Waals surface area contributed by atoms with E-state index in [1.54, 1.807) is 18.5 Å². The molecule has 0 spiro atoms. The minimum Gasteiger partial charge on any atom is -0.476 e. The van der Waals surface area contributed by atoms with Gasteiger partial charge in [0.1, 0.15) is 0 Å². The van der Waals surface area contributed by atoms with Crippen molar-refractivity contribution in [2.75, 3.05) is 0 Å². The van der Waals surface area contributed by atoms with Crippen molar-refractivity contribution in [3.05, 3.63) is 42.4 Å². The molecule has 3 rings (SSSR count). The number of aromatic carboxylic acids is 1. The number of hydrogen-bond acceptors (Lipinski definition) is 5. The van der Waals surface area contributed by atoms with Crippen LogP contribution in [0, 0.1) is 0 Å². The van der Waals surface area contributed by atoms with Crippen LogP contribution in [0.3, 0.4) is 0 Å². The van der Waals surface area contributed by atoms with Gasteiger partial charge in [-0.15, -0.1) is 10.2 Å². The number of nitrogens with zero attached hydrogens (tertiary/aromatic N) is 4. The summed E-state index contributed by atoms with van der Waals surface area (Å²) in [4.78, 5) is 16.1. The summed E-state index contributed by atoms with van der Waals surface area (Å²) in [6.45, 7) is 0. The first-order chi connectivity index (χ1) is 9.66. The monoisotopic (exact) mass is 286 g/mol. The van der Waals surface area contributed by atoms with Gasteiger partial charge in [-0.2, -0.15) is 0 Å². The molecule has 6 nitrogen and oxygen atoms in total. The van der Waals surface area contributed by atoms with Crippen molar-refractivity contribution in [2.45, 2.75) is 10.1 Å². The number of aromatic nitrogens is 4. The van der Waals surface area contributed by atoms with Crippen LogP contribution < -0.4 is 0 Å². The fourth-order valence-corrected chi connectivity index (χ4v) is 2.82. The lowest BCUT2D eigenvalue weighted by Crippen LogP contribution is -2.05. The maximum atomic E-state index is 11.3. The van der Waals surface area contributed by atoms with Crippen molar-refractivity contribution in [1.82, 2.24) is 19.7 Å². The van der Waals surface area contributed by atoms with Gasteiger partial charge < -0.3 is 9.67 Å². The first kappa shape index (κ1) is 12.6. The van der Waals surface area contributed by atoms with Crippen LogP contribution in [0.25, 0.3) is 10.9 Å². The number of imidazole rings is 1. The van der Waals surface area contributed by atoms with Gasteiger partial charge in [-0.3, -0.25) is 0 Å². The summed E-state index contributed by atoms with van der Waals surface area (Å²) in [5.74, 6) is -1.10. The Morgan fingerprint density at radius 1 is 1.30 bits per heavy atom. The molecule has 1 aromatic carbocycles. The van der Waals surface area contributed by atoms with Gasteiger partial charge in [0.15, 0.2) is 10.9 Å². The normalized spacial score (nSPS) is 10.8. The second-order valence-electron chi connectivity index (χ2n) is 4.12. The maximum absolute atomic E-state index is 11.3. The lowest BCUT2D eigenvalue weighted by atomic mass is 10.2. The Bertz CT molecular complexity index is 800. The number of carbonyl (C=O) groups is 1. The number of carboxylic acids is 1. The summed E-state index contributed by atoms with van der Waals surface area (Å²) < 4.78 is 1.82. The molecule has 0 atom stereocenters. The molecule has 0 saturated carbocycles. The molecule has 100 valence electrons. The van der Waals surface area contributed by atoms with Crippen molar-refractivity contribution in [1.29, 1.82) is 0 Å². The van der Waals surface area contributed by atoms with Gasteiger partial charge >= 0.3 is 5.97 Å². The van der Waals surface area contributed by atoms with E-state index in [-0.39, 0.29) is 5.69 Å². The SMILES string of the molecule is Cn1ccnc1Sc1c(C(=O)O)nnc2ccccc12. The standard InChI is InChI=1S/C13H10N4O2S/c1-17-7-6-14-13(17)20-11-8-4-2-3-5-9(8)15-16-10(11)12(18)19/h2-7H,1H3,(H,18,19). The zero-order valence-corrected chi connectivity index (χ0v) is 11.3. The van der Waals surface area contributed by atoms with E-state index in [1.807, 2.05) is 29.8 Å². The summed E-state index contributed by atoms with van der Waals surface area (Å²) in [6, 6.07) is 7.32. The molecule has 2 aromatic heterocycles. The van der Waals surface area contributed by atoms with Crippen LogP contribution in [0.15, 0.2) is 46.7 Å². The van der Waals surface area contributed by atoms with Gasteiger partial charge in [0.25, 0.3) is 0 Å². The van der Waals surface area contributed by atoms with Crippen LogP contribution in [0.1, 0.15) is 10.5 Å². The first-order valence-corrected chi connectivity index (χ1v) is 6.62. The number of carboxylic acid groups (broad SMARTS) is 1. The molecule has 0 unspecified atom stereocenters. The molecule has 20 heavy (non-hydrogen) atoms. The molecule has 2 heterocycles. The summed E-state index contributed by atoms with van der Waals surface area (Å²) in [7, 11) is 1.85. The minimum absolute atomic E-state index is 0.0586. The number of hydrogen-bond donors (Lipinski definition) is 1. The lowest BCUT2D eigenvalue weighted by molar-refractivity contribution is 0.0685. The van der Waals surface area contributed by atoms with Crippen LogP contribution in [-0.2, 0) is 7.05 Å². The molecule has 3 aromatic rings. The lowest BCUT2D eigenvalue weighted by Gasteiger charge is -2.07. The fourth-order valence-electron chi connectivity index (χ4n) is 1.81. The van der Waals surface area contributed by atoms with Gasteiger partial charge in [0.2, 0.25) is 0 Å². The third-order valence-corrected chi connectivity index (χ3v) is 3.99. The Kier molecular flexibility index (Phi) is 3.11. The number of benzene rings is 1. The van der Waals surface area contributed by atoms with E-state index in [1.165, 1.54) is 11.8 Å². The molecular weight excluding hydrogens is 276 g/mol. The van der Waals surface area contributed by atoms with Gasteiger partial charge in [-0.25, -0.2) is 9.78 Å². The van der Waals surface area contributed by atoms with Crippen molar-refractivity contribution >= 4 is 28.6 Å². The molecule has 0 fully saturated rings. The average Bonchev–Trinajstić information content (AvgIpc) is 2.84. The molecular formula is C13H10N4O2S. The summed E-state index contributed by atoms with van der Waals surface area (Å²) in [5.41, 5.74) is 0.603. The second-order valence-corrected chi connectivity index (χ2v) is 5.10. The third kappa shape index (κ3) is 2.12. The van der Waals surface area contributed by atoms with Crippen molar-refractivity contribution in [2.24, 2.45) is 7.05 Å². The van der Waals surface area contributed by atoms with Gasteiger partial charge in [-0.05, 0) is 17.8 Å².